The molecule has 0 bridgehead atoms. The van der Waals surface area contributed by atoms with Crippen LogP contribution in [0.15, 0.2) is 54.6 Å². The molecule has 5 heteroatoms. The quantitative estimate of drug-likeness (QED) is 0.679. The van der Waals surface area contributed by atoms with Gasteiger partial charge in [0.1, 0.15) is 6.04 Å². The van der Waals surface area contributed by atoms with Gasteiger partial charge in [-0.2, -0.15) is 0 Å². The van der Waals surface area contributed by atoms with E-state index in [0.717, 1.165) is 31.6 Å². The van der Waals surface area contributed by atoms with E-state index in [1.807, 2.05) is 43.9 Å². The monoisotopic (exact) mass is 433 g/mol. The highest BCUT2D eigenvalue weighted by molar-refractivity contribution is 6.30. The summed E-state index contributed by atoms with van der Waals surface area (Å²) in [5.74, 6) is 0.401. The maximum absolute atomic E-state index is 13.7. The largest absolute Gasteiger partial charge is 0.352 e. The highest BCUT2D eigenvalue weighted by Gasteiger charge is 2.40. The van der Waals surface area contributed by atoms with Crippen molar-refractivity contribution in [2.75, 3.05) is 4.90 Å². The lowest BCUT2D eigenvalue weighted by molar-refractivity contribution is -0.122. The number of carbonyl (C=O) groups is 2. The van der Waals surface area contributed by atoms with E-state index in [1.165, 1.54) is 6.42 Å². The summed E-state index contributed by atoms with van der Waals surface area (Å²) in [6.07, 6.45) is 13.0. The van der Waals surface area contributed by atoms with Gasteiger partial charge in [0, 0.05) is 28.2 Å². The summed E-state index contributed by atoms with van der Waals surface area (Å²) in [6, 6.07) is 15.5. The van der Waals surface area contributed by atoms with E-state index in [4.69, 9.17) is 11.6 Å². The molecule has 2 saturated carbocycles. The number of halogens is 1. The van der Waals surface area contributed by atoms with Crippen LogP contribution in [0.3, 0.4) is 0 Å². The third-order valence-corrected chi connectivity index (χ3v) is 6.06. The summed E-state index contributed by atoms with van der Waals surface area (Å²) in [5.41, 5.74) is 1.16. The maximum atomic E-state index is 13.7. The molecule has 1 N–H and O–H groups in total. The zero-order valence-corrected chi connectivity index (χ0v) is 18.1. The molecule has 1 atom stereocenters. The third-order valence-electron chi connectivity index (χ3n) is 5.81. The van der Waals surface area contributed by atoms with E-state index in [1.54, 1.807) is 41.3 Å². The summed E-state index contributed by atoms with van der Waals surface area (Å²) in [5, 5.41) is 3.79. The molecule has 0 saturated heterocycles. The molecule has 0 spiro atoms. The van der Waals surface area contributed by atoms with Crippen LogP contribution in [0.4, 0.5) is 5.69 Å². The first-order valence-electron chi connectivity index (χ1n) is 10.8. The molecule has 2 amide bonds. The van der Waals surface area contributed by atoms with Crippen molar-refractivity contribution in [3.8, 4) is 0 Å². The second-order valence-corrected chi connectivity index (χ2v) is 8.42. The minimum atomic E-state index is -0.772. The van der Waals surface area contributed by atoms with Crippen LogP contribution in [0, 0.1) is 31.6 Å². The van der Waals surface area contributed by atoms with Crippen LogP contribution in [0.1, 0.15) is 42.5 Å². The van der Waals surface area contributed by atoms with Gasteiger partial charge in [0.15, 0.2) is 0 Å². The number of nitrogens with one attached hydrogen (secondary N) is 1. The molecule has 1 unspecified atom stereocenters. The summed E-state index contributed by atoms with van der Waals surface area (Å²) in [7, 11) is 0. The van der Waals surface area contributed by atoms with Gasteiger partial charge in [0.2, 0.25) is 5.91 Å². The lowest BCUT2D eigenvalue weighted by Crippen LogP contribution is -2.55. The van der Waals surface area contributed by atoms with Gasteiger partial charge in [0.25, 0.3) is 5.91 Å². The molecule has 4 nitrogen and oxygen atoms in total. The first-order chi connectivity index (χ1) is 15.1. The Morgan fingerprint density at radius 1 is 0.903 bits per heavy atom. The number of rotatable bonds is 6. The molecular formula is C26H26ClN2O2. The van der Waals surface area contributed by atoms with E-state index in [-0.39, 0.29) is 17.9 Å². The number of carbonyl (C=O) groups excluding carboxylic acids is 2. The van der Waals surface area contributed by atoms with Crippen molar-refractivity contribution < 1.29 is 9.59 Å². The summed E-state index contributed by atoms with van der Waals surface area (Å²) in [6.45, 7) is 0. The number of hydrogen-bond donors (Lipinski definition) is 1. The molecule has 0 aromatic heterocycles. The maximum Gasteiger partial charge on any atom is 0.259 e. The number of amides is 2. The molecular weight excluding hydrogens is 408 g/mol. The van der Waals surface area contributed by atoms with Crippen molar-refractivity contribution in [3.05, 3.63) is 96.8 Å². The fourth-order valence-electron chi connectivity index (χ4n) is 4.22. The lowest BCUT2D eigenvalue weighted by Gasteiger charge is -2.36. The minimum absolute atomic E-state index is 0.151. The zero-order chi connectivity index (χ0) is 21.6. The second-order valence-electron chi connectivity index (χ2n) is 7.98. The Kier molecular flexibility index (Phi) is 7.29. The third kappa shape index (κ3) is 5.30. The minimum Gasteiger partial charge on any atom is -0.352 e. The average molecular weight is 434 g/mol. The Morgan fingerprint density at radius 2 is 1.55 bits per heavy atom. The fourth-order valence-corrected chi connectivity index (χ4v) is 4.35. The van der Waals surface area contributed by atoms with Crippen molar-refractivity contribution in [2.24, 2.45) is 0 Å². The smallest absolute Gasteiger partial charge is 0.259 e. The standard InChI is InChI=1S/C26H26ClN2O2/c27-21-15-17-23(18-16-21)29(26(31)20-11-3-1-4-12-20)24(19-9-7-8-10-19)25(30)28-22-13-5-2-6-14-22/h1,3-4,7-12,15-18,22,24H,2,5-6,13-14H2,(H,28,30). The van der Waals surface area contributed by atoms with E-state index >= 15 is 0 Å². The molecule has 2 aliphatic carbocycles. The molecule has 159 valence electrons. The van der Waals surface area contributed by atoms with E-state index in [9.17, 15) is 9.59 Å². The van der Waals surface area contributed by atoms with Crippen molar-refractivity contribution in [1.29, 1.82) is 0 Å². The number of anilines is 1. The van der Waals surface area contributed by atoms with Crippen LogP contribution in [0.2, 0.25) is 5.02 Å². The highest BCUT2D eigenvalue weighted by atomic mass is 35.5. The molecule has 2 fully saturated rings. The number of benzene rings is 2. The molecule has 5 radical (unpaired) electrons. The van der Waals surface area contributed by atoms with E-state index < -0.39 is 6.04 Å². The van der Waals surface area contributed by atoms with Crippen LogP contribution in [-0.4, -0.2) is 23.9 Å². The van der Waals surface area contributed by atoms with Crippen LogP contribution >= 0.6 is 11.6 Å². The van der Waals surface area contributed by atoms with Crippen LogP contribution < -0.4 is 10.2 Å². The molecule has 4 rings (SSSR count). The predicted octanol–water partition coefficient (Wildman–Crippen LogP) is 5.21. The SMILES string of the molecule is O=C(NC1CCCCC1)C([C]1[CH][CH][CH][CH]1)N(C(=O)c1ccccc1)c1ccc(Cl)cc1. The van der Waals surface area contributed by atoms with Gasteiger partial charge in [-0.3, -0.25) is 14.5 Å². The van der Waals surface area contributed by atoms with Crippen molar-refractivity contribution >= 4 is 29.1 Å². The molecule has 2 aromatic carbocycles. The Labute approximate surface area is 190 Å². The molecule has 0 aliphatic heterocycles. The Balaban J connectivity index is 1.70. The van der Waals surface area contributed by atoms with Gasteiger partial charge in [-0.1, -0.05) is 49.1 Å². The van der Waals surface area contributed by atoms with Crippen molar-refractivity contribution in [3.63, 3.8) is 0 Å². The van der Waals surface area contributed by atoms with E-state index in [2.05, 4.69) is 5.32 Å². The van der Waals surface area contributed by atoms with Gasteiger partial charge in [-0.05, 0) is 74.9 Å². The van der Waals surface area contributed by atoms with Gasteiger partial charge in [0.05, 0.1) is 0 Å². The van der Waals surface area contributed by atoms with Gasteiger partial charge in [-0.15, -0.1) is 0 Å². The summed E-state index contributed by atoms with van der Waals surface area (Å²) < 4.78 is 0. The fraction of sp³-hybridized carbons (Fsp3) is 0.269. The average Bonchev–Trinajstić information content (AvgIpc) is 3.33. The van der Waals surface area contributed by atoms with Crippen LogP contribution in [0.5, 0.6) is 0 Å². The molecule has 2 aromatic rings. The summed E-state index contributed by atoms with van der Waals surface area (Å²) >= 11 is 6.10. The van der Waals surface area contributed by atoms with Gasteiger partial charge >= 0.3 is 0 Å². The van der Waals surface area contributed by atoms with Crippen LogP contribution in [-0.2, 0) is 4.79 Å². The predicted molar refractivity (Wildman–Crippen MR) is 124 cm³/mol. The first-order valence-corrected chi connectivity index (χ1v) is 11.2. The number of hydrogen-bond acceptors (Lipinski definition) is 2. The van der Waals surface area contributed by atoms with Crippen molar-refractivity contribution in [1.82, 2.24) is 5.32 Å². The Hall–Kier alpha value is -2.33. The van der Waals surface area contributed by atoms with E-state index in [0.29, 0.717) is 16.3 Å². The Morgan fingerprint density at radius 3 is 2.19 bits per heavy atom. The van der Waals surface area contributed by atoms with Crippen molar-refractivity contribution in [2.45, 2.75) is 44.2 Å². The Bertz CT molecular complexity index is 872. The lowest BCUT2D eigenvalue weighted by atomic mass is 9.91. The highest BCUT2D eigenvalue weighted by Crippen LogP contribution is 2.34. The van der Waals surface area contributed by atoms with Crippen LogP contribution in [0.25, 0.3) is 0 Å². The second kappa shape index (κ2) is 10.3. The van der Waals surface area contributed by atoms with Gasteiger partial charge in [-0.25, -0.2) is 0 Å². The molecule has 2 aliphatic rings. The molecule has 31 heavy (non-hydrogen) atoms. The zero-order valence-electron chi connectivity index (χ0n) is 17.3. The summed E-state index contributed by atoms with van der Waals surface area (Å²) in [4.78, 5) is 28.9. The topological polar surface area (TPSA) is 49.4 Å². The van der Waals surface area contributed by atoms with Gasteiger partial charge < -0.3 is 5.32 Å². The molecule has 0 heterocycles. The normalized spacial score (nSPS) is 18.5. The number of nitrogens with zero attached hydrogens (tertiary/aromatic N) is 1. The first kappa shape index (κ1) is 21.9.